The van der Waals surface area contributed by atoms with E-state index in [0.717, 1.165) is 30.1 Å². The number of benzene rings is 2. The van der Waals surface area contributed by atoms with Crippen molar-refractivity contribution in [1.82, 2.24) is 4.90 Å². The molecule has 0 radical (unpaired) electrons. The fourth-order valence-electron chi connectivity index (χ4n) is 2.92. The van der Waals surface area contributed by atoms with Gasteiger partial charge in [0.05, 0.1) is 17.8 Å². The molecule has 1 aliphatic rings. The van der Waals surface area contributed by atoms with Crippen molar-refractivity contribution in [3.63, 3.8) is 0 Å². The third-order valence-electron chi connectivity index (χ3n) is 4.47. The van der Waals surface area contributed by atoms with E-state index in [1.165, 1.54) is 0 Å². The van der Waals surface area contributed by atoms with Gasteiger partial charge in [-0.05, 0) is 48.0 Å². The summed E-state index contributed by atoms with van der Waals surface area (Å²) in [6.45, 7) is 3.00. The van der Waals surface area contributed by atoms with Gasteiger partial charge in [-0.1, -0.05) is 17.7 Å². The Hall–Kier alpha value is -2.66. The number of halogens is 1. The van der Waals surface area contributed by atoms with Gasteiger partial charge in [0.25, 0.3) is 0 Å². The van der Waals surface area contributed by atoms with Gasteiger partial charge < -0.3 is 20.3 Å². The molecule has 0 bridgehead atoms. The molecule has 26 heavy (non-hydrogen) atoms. The number of amides is 1. The second-order valence-corrected chi connectivity index (χ2v) is 6.53. The molecule has 6 heteroatoms. The summed E-state index contributed by atoms with van der Waals surface area (Å²) >= 11 is 5.91. The van der Waals surface area contributed by atoms with Crippen molar-refractivity contribution >= 4 is 35.0 Å². The number of piperazine rings is 1. The number of rotatable bonds is 4. The molecule has 136 valence electrons. The molecular formula is C20H22ClN3O2. The molecule has 1 amide bonds. The molecule has 0 aromatic heterocycles. The van der Waals surface area contributed by atoms with Crippen molar-refractivity contribution in [2.45, 2.75) is 0 Å². The van der Waals surface area contributed by atoms with Crippen molar-refractivity contribution in [3.05, 3.63) is 59.1 Å². The van der Waals surface area contributed by atoms with E-state index in [2.05, 4.69) is 4.90 Å². The highest BCUT2D eigenvalue weighted by Crippen LogP contribution is 2.21. The maximum Gasteiger partial charge on any atom is 0.246 e. The van der Waals surface area contributed by atoms with Crippen molar-refractivity contribution in [2.75, 3.05) is 43.9 Å². The smallest absolute Gasteiger partial charge is 0.246 e. The summed E-state index contributed by atoms with van der Waals surface area (Å²) in [6.07, 6.45) is 3.36. The molecule has 0 unspecified atom stereocenters. The van der Waals surface area contributed by atoms with Crippen LogP contribution in [0.2, 0.25) is 5.02 Å². The predicted octanol–water partition coefficient (Wildman–Crippen LogP) is 3.29. The zero-order valence-corrected chi connectivity index (χ0v) is 15.4. The number of nitrogens with two attached hydrogens (primary N) is 1. The highest BCUT2D eigenvalue weighted by Gasteiger charge is 2.19. The second-order valence-electron chi connectivity index (χ2n) is 6.12. The van der Waals surface area contributed by atoms with Crippen LogP contribution in [-0.4, -0.2) is 44.1 Å². The maximum absolute atomic E-state index is 12.4. The Morgan fingerprint density at radius 1 is 1.12 bits per heavy atom. The standard InChI is InChI=1S/C20H22ClN3O2/c1-26-17-6-4-16(5-7-17)23-10-12-24(13-11-23)20(25)9-3-15-2-8-18(21)19(22)14-15/h2-9,14H,10-13,22H2,1H3/b9-3+. The molecule has 1 fully saturated rings. The van der Waals surface area contributed by atoms with E-state index in [-0.39, 0.29) is 5.91 Å². The lowest BCUT2D eigenvalue weighted by molar-refractivity contribution is -0.126. The van der Waals surface area contributed by atoms with E-state index in [1.807, 2.05) is 35.2 Å². The van der Waals surface area contributed by atoms with E-state index in [0.29, 0.717) is 23.8 Å². The van der Waals surface area contributed by atoms with Gasteiger partial charge in [0, 0.05) is 37.9 Å². The van der Waals surface area contributed by atoms with Crippen LogP contribution >= 0.6 is 11.6 Å². The molecule has 0 spiro atoms. The van der Waals surface area contributed by atoms with Crippen molar-refractivity contribution in [3.8, 4) is 5.75 Å². The number of hydrogen-bond acceptors (Lipinski definition) is 4. The Morgan fingerprint density at radius 3 is 2.42 bits per heavy atom. The molecule has 3 rings (SSSR count). The minimum absolute atomic E-state index is 0.00732. The molecule has 0 aliphatic carbocycles. The molecule has 2 N–H and O–H groups in total. The lowest BCUT2D eigenvalue weighted by Crippen LogP contribution is -2.48. The Bertz CT molecular complexity index is 797. The van der Waals surface area contributed by atoms with Gasteiger partial charge in [0.2, 0.25) is 5.91 Å². The number of hydrogen-bond donors (Lipinski definition) is 1. The second kappa shape index (κ2) is 8.15. The summed E-state index contributed by atoms with van der Waals surface area (Å²) in [7, 11) is 1.66. The Labute approximate surface area is 158 Å². The maximum atomic E-state index is 12.4. The van der Waals surface area contributed by atoms with Crippen LogP contribution in [0.1, 0.15) is 5.56 Å². The van der Waals surface area contributed by atoms with Crippen LogP contribution in [0.25, 0.3) is 6.08 Å². The van der Waals surface area contributed by atoms with Crippen LogP contribution in [0, 0.1) is 0 Å². The number of carbonyl (C=O) groups excluding carboxylic acids is 1. The van der Waals surface area contributed by atoms with Gasteiger partial charge >= 0.3 is 0 Å². The molecule has 1 heterocycles. The minimum atomic E-state index is 0.00732. The number of nitrogens with zero attached hydrogens (tertiary/aromatic N) is 2. The van der Waals surface area contributed by atoms with E-state index >= 15 is 0 Å². The number of carbonyl (C=O) groups is 1. The summed E-state index contributed by atoms with van der Waals surface area (Å²) in [5.41, 5.74) is 8.29. The molecule has 2 aromatic rings. The Balaban J connectivity index is 1.55. The fourth-order valence-corrected chi connectivity index (χ4v) is 3.03. The Kier molecular flexibility index (Phi) is 5.68. The lowest BCUT2D eigenvalue weighted by atomic mass is 10.2. The fraction of sp³-hybridized carbons (Fsp3) is 0.250. The number of nitrogen functional groups attached to an aromatic ring is 1. The summed E-state index contributed by atoms with van der Waals surface area (Å²) < 4.78 is 5.19. The van der Waals surface area contributed by atoms with Crippen molar-refractivity contribution < 1.29 is 9.53 Å². The molecule has 0 saturated carbocycles. The summed E-state index contributed by atoms with van der Waals surface area (Å²) in [5.74, 6) is 0.850. The van der Waals surface area contributed by atoms with Gasteiger partial charge in [-0.3, -0.25) is 4.79 Å². The van der Waals surface area contributed by atoms with Crippen LogP contribution < -0.4 is 15.4 Å². The van der Waals surface area contributed by atoms with Crippen LogP contribution in [0.15, 0.2) is 48.5 Å². The number of ether oxygens (including phenoxy) is 1. The summed E-state index contributed by atoms with van der Waals surface area (Å²) in [6, 6.07) is 13.3. The first kappa shape index (κ1) is 18.1. The first-order valence-electron chi connectivity index (χ1n) is 8.48. The monoisotopic (exact) mass is 371 g/mol. The zero-order valence-electron chi connectivity index (χ0n) is 14.7. The molecule has 1 aliphatic heterocycles. The molecule has 1 saturated heterocycles. The Morgan fingerprint density at radius 2 is 1.81 bits per heavy atom. The van der Waals surface area contributed by atoms with Gasteiger partial charge in [0.15, 0.2) is 0 Å². The predicted molar refractivity (Wildman–Crippen MR) is 107 cm³/mol. The molecular weight excluding hydrogens is 350 g/mol. The topological polar surface area (TPSA) is 58.8 Å². The van der Waals surface area contributed by atoms with Crippen LogP contribution in [0.5, 0.6) is 5.75 Å². The molecule has 5 nitrogen and oxygen atoms in total. The highest BCUT2D eigenvalue weighted by molar-refractivity contribution is 6.33. The van der Waals surface area contributed by atoms with E-state index in [4.69, 9.17) is 22.1 Å². The summed E-state index contributed by atoms with van der Waals surface area (Å²) in [5, 5.41) is 0.517. The van der Waals surface area contributed by atoms with Gasteiger partial charge in [0.1, 0.15) is 5.75 Å². The van der Waals surface area contributed by atoms with Gasteiger partial charge in [-0.25, -0.2) is 0 Å². The average molecular weight is 372 g/mol. The van der Waals surface area contributed by atoms with Crippen molar-refractivity contribution in [1.29, 1.82) is 0 Å². The van der Waals surface area contributed by atoms with E-state index in [9.17, 15) is 4.79 Å². The van der Waals surface area contributed by atoms with Gasteiger partial charge in [-0.15, -0.1) is 0 Å². The third kappa shape index (κ3) is 4.29. The normalized spacial score (nSPS) is 14.7. The lowest BCUT2D eigenvalue weighted by Gasteiger charge is -2.35. The van der Waals surface area contributed by atoms with Gasteiger partial charge in [-0.2, -0.15) is 0 Å². The molecule has 0 atom stereocenters. The first-order chi connectivity index (χ1) is 12.6. The molecule has 2 aromatic carbocycles. The average Bonchev–Trinajstić information content (AvgIpc) is 2.69. The quantitative estimate of drug-likeness (QED) is 0.661. The largest absolute Gasteiger partial charge is 0.497 e. The van der Waals surface area contributed by atoms with Crippen LogP contribution in [0.3, 0.4) is 0 Å². The first-order valence-corrected chi connectivity index (χ1v) is 8.85. The zero-order chi connectivity index (χ0) is 18.5. The van der Waals surface area contributed by atoms with Crippen LogP contribution in [0.4, 0.5) is 11.4 Å². The van der Waals surface area contributed by atoms with E-state index < -0.39 is 0 Å². The number of methoxy groups -OCH3 is 1. The summed E-state index contributed by atoms with van der Waals surface area (Å²) in [4.78, 5) is 16.5. The SMILES string of the molecule is COc1ccc(N2CCN(C(=O)/C=C/c3ccc(Cl)c(N)c3)CC2)cc1. The van der Waals surface area contributed by atoms with Crippen LogP contribution in [-0.2, 0) is 4.79 Å². The third-order valence-corrected chi connectivity index (χ3v) is 4.81. The van der Waals surface area contributed by atoms with E-state index in [1.54, 1.807) is 31.4 Å². The number of anilines is 2. The minimum Gasteiger partial charge on any atom is -0.497 e. The highest BCUT2D eigenvalue weighted by atomic mass is 35.5. The van der Waals surface area contributed by atoms with Crippen molar-refractivity contribution in [2.24, 2.45) is 0 Å².